The van der Waals surface area contributed by atoms with Crippen LogP contribution in [0.2, 0.25) is 0 Å². The molecule has 0 radical (unpaired) electrons. The van der Waals surface area contributed by atoms with Crippen molar-refractivity contribution >= 4 is 5.91 Å². The lowest BCUT2D eigenvalue weighted by Gasteiger charge is -2.38. The highest BCUT2D eigenvalue weighted by Gasteiger charge is 2.35. The molecule has 1 unspecified atom stereocenters. The van der Waals surface area contributed by atoms with Crippen molar-refractivity contribution in [2.45, 2.75) is 44.6 Å². The molecule has 4 heteroatoms. The first kappa shape index (κ1) is 19.4. The Bertz CT molecular complexity index is 721. The van der Waals surface area contributed by atoms with E-state index in [0.29, 0.717) is 13.0 Å². The average molecular weight is 367 g/mol. The van der Waals surface area contributed by atoms with E-state index < -0.39 is 6.10 Å². The standard InChI is InChI=1S/C23H29NO3/c1-3-21(27-20-11-9-18(2)10-12-20)22(25)24-17-23(13-15-26-16-14-23)19-7-5-4-6-8-19/h4-12,21H,3,13-17H2,1-2H3,(H,24,25). The van der Waals surface area contributed by atoms with E-state index in [4.69, 9.17) is 9.47 Å². The molecule has 3 rings (SSSR count). The van der Waals surface area contributed by atoms with E-state index in [0.717, 1.165) is 31.8 Å². The fourth-order valence-electron chi connectivity index (χ4n) is 3.59. The predicted octanol–water partition coefficient (Wildman–Crippen LogP) is 4.02. The molecule has 0 spiro atoms. The van der Waals surface area contributed by atoms with E-state index in [2.05, 4.69) is 29.6 Å². The number of rotatable bonds is 7. The Morgan fingerprint density at radius 1 is 1.11 bits per heavy atom. The third kappa shape index (κ3) is 4.89. The van der Waals surface area contributed by atoms with Crippen molar-refractivity contribution in [2.24, 2.45) is 0 Å². The van der Waals surface area contributed by atoms with Crippen LogP contribution in [0.4, 0.5) is 0 Å². The summed E-state index contributed by atoms with van der Waals surface area (Å²) in [5.41, 5.74) is 2.36. The molecule has 0 aromatic heterocycles. The van der Waals surface area contributed by atoms with Gasteiger partial charge < -0.3 is 14.8 Å². The van der Waals surface area contributed by atoms with Gasteiger partial charge in [-0.1, -0.05) is 55.0 Å². The Labute approximate surface area is 161 Å². The quantitative estimate of drug-likeness (QED) is 0.804. The summed E-state index contributed by atoms with van der Waals surface area (Å²) in [7, 11) is 0. The molecule has 1 heterocycles. The molecule has 1 saturated heterocycles. The number of amides is 1. The van der Waals surface area contributed by atoms with Crippen molar-refractivity contribution in [3.63, 3.8) is 0 Å². The van der Waals surface area contributed by atoms with Crippen LogP contribution in [0.5, 0.6) is 5.75 Å². The number of carbonyl (C=O) groups excluding carboxylic acids is 1. The van der Waals surface area contributed by atoms with Crippen LogP contribution < -0.4 is 10.1 Å². The van der Waals surface area contributed by atoms with E-state index in [1.54, 1.807) is 0 Å². The van der Waals surface area contributed by atoms with Gasteiger partial charge in [-0.3, -0.25) is 4.79 Å². The molecule has 1 amide bonds. The van der Waals surface area contributed by atoms with Gasteiger partial charge in [-0.2, -0.15) is 0 Å². The zero-order valence-corrected chi connectivity index (χ0v) is 16.2. The molecule has 1 aliphatic rings. The smallest absolute Gasteiger partial charge is 0.261 e. The van der Waals surface area contributed by atoms with Gasteiger partial charge in [0.1, 0.15) is 5.75 Å². The fourth-order valence-corrected chi connectivity index (χ4v) is 3.59. The molecule has 0 aliphatic carbocycles. The molecule has 0 bridgehead atoms. The molecule has 1 atom stereocenters. The first-order chi connectivity index (χ1) is 13.1. The Morgan fingerprint density at radius 3 is 2.41 bits per heavy atom. The summed E-state index contributed by atoms with van der Waals surface area (Å²) >= 11 is 0. The van der Waals surface area contributed by atoms with E-state index >= 15 is 0 Å². The molecule has 1 aliphatic heterocycles. The lowest BCUT2D eigenvalue weighted by Crippen LogP contribution is -2.48. The zero-order chi connectivity index (χ0) is 19.1. The maximum Gasteiger partial charge on any atom is 0.261 e. The first-order valence-corrected chi connectivity index (χ1v) is 9.77. The lowest BCUT2D eigenvalue weighted by atomic mass is 9.74. The third-order valence-electron chi connectivity index (χ3n) is 5.40. The Balaban J connectivity index is 1.66. The summed E-state index contributed by atoms with van der Waals surface area (Å²) in [5, 5.41) is 3.15. The summed E-state index contributed by atoms with van der Waals surface area (Å²) in [4.78, 5) is 12.8. The summed E-state index contributed by atoms with van der Waals surface area (Å²) in [6.45, 7) is 6.06. The van der Waals surface area contributed by atoms with Crippen molar-refractivity contribution in [3.8, 4) is 5.75 Å². The van der Waals surface area contributed by atoms with E-state index in [1.807, 2.05) is 44.2 Å². The van der Waals surface area contributed by atoms with Crippen molar-refractivity contribution in [2.75, 3.05) is 19.8 Å². The number of carbonyl (C=O) groups is 1. The number of hydrogen-bond donors (Lipinski definition) is 1. The van der Waals surface area contributed by atoms with Gasteiger partial charge in [0.25, 0.3) is 5.91 Å². The summed E-state index contributed by atoms with van der Waals surface area (Å²) in [5.74, 6) is 0.673. The summed E-state index contributed by atoms with van der Waals surface area (Å²) < 4.78 is 11.5. The second-order valence-electron chi connectivity index (χ2n) is 7.30. The van der Waals surface area contributed by atoms with Gasteiger partial charge in [0, 0.05) is 25.2 Å². The van der Waals surface area contributed by atoms with Gasteiger partial charge in [0.15, 0.2) is 6.10 Å². The SMILES string of the molecule is CCC(Oc1ccc(C)cc1)C(=O)NCC1(c2ccccc2)CCOCC1. The minimum Gasteiger partial charge on any atom is -0.481 e. The zero-order valence-electron chi connectivity index (χ0n) is 16.2. The van der Waals surface area contributed by atoms with Gasteiger partial charge in [-0.05, 0) is 43.9 Å². The number of nitrogens with one attached hydrogen (secondary N) is 1. The van der Waals surface area contributed by atoms with Gasteiger partial charge in [0.2, 0.25) is 0 Å². The average Bonchev–Trinajstić information content (AvgIpc) is 2.73. The van der Waals surface area contributed by atoms with Gasteiger partial charge in [0.05, 0.1) is 0 Å². The molecule has 1 fully saturated rings. The van der Waals surface area contributed by atoms with E-state index in [-0.39, 0.29) is 11.3 Å². The van der Waals surface area contributed by atoms with Crippen molar-refractivity contribution in [1.29, 1.82) is 0 Å². The van der Waals surface area contributed by atoms with Crippen LogP contribution in [0.3, 0.4) is 0 Å². The molecule has 1 N–H and O–H groups in total. The van der Waals surface area contributed by atoms with Crippen molar-refractivity contribution in [1.82, 2.24) is 5.32 Å². The number of hydrogen-bond acceptors (Lipinski definition) is 3. The maximum absolute atomic E-state index is 12.8. The second-order valence-corrected chi connectivity index (χ2v) is 7.30. The molecule has 2 aromatic rings. The van der Waals surface area contributed by atoms with Gasteiger partial charge >= 0.3 is 0 Å². The molecular formula is C23H29NO3. The molecule has 4 nitrogen and oxygen atoms in total. The van der Waals surface area contributed by atoms with Crippen LogP contribution in [0.15, 0.2) is 54.6 Å². The minimum atomic E-state index is -0.486. The molecule has 144 valence electrons. The van der Waals surface area contributed by atoms with Crippen LogP contribution >= 0.6 is 0 Å². The highest BCUT2D eigenvalue weighted by Crippen LogP contribution is 2.34. The Morgan fingerprint density at radius 2 is 1.78 bits per heavy atom. The normalized spacial score (nSPS) is 17.1. The summed E-state index contributed by atoms with van der Waals surface area (Å²) in [6.07, 6.45) is 1.96. The van der Waals surface area contributed by atoms with Crippen molar-refractivity contribution in [3.05, 3.63) is 65.7 Å². The largest absolute Gasteiger partial charge is 0.481 e. The van der Waals surface area contributed by atoms with E-state index in [9.17, 15) is 4.79 Å². The second kappa shape index (κ2) is 9.05. The molecule has 2 aromatic carbocycles. The van der Waals surface area contributed by atoms with Gasteiger partial charge in [-0.15, -0.1) is 0 Å². The monoisotopic (exact) mass is 367 g/mol. The molecular weight excluding hydrogens is 338 g/mol. The number of ether oxygens (including phenoxy) is 2. The van der Waals surface area contributed by atoms with E-state index in [1.165, 1.54) is 11.1 Å². The van der Waals surface area contributed by atoms with Crippen LogP contribution in [-0.2, 0) is 14.9 Å². The van der Waals surface area contributed by atoms with Crippen LogP contribution in [0, 0.1) is 6.92 Å². The fraction of sp³-hybridized carbons (Fsp3) is 0.435. The van der Waals surface area contributed by atoms with Crippen LogP contribution in [-0.4, -0.2) is 31.8 Å². The maximum atomic E-state index is 12.8. The molecule has 27 heavy (non-hydrogen) atoms. The van der Waals surface area contributed by atoms with Crippen LogP contribution in [0.1, 0.15) is 37.3 Å². The highest BCUT2D eigenvalue weighted by atomic mass is 16.5. The number of aryl methyl sites for hydroxylation is 1. The summed E-state index contributed by atoms with van der Waals surface area (Å²) in [6, 6.07) is 18.3. The topological polar surface area (TPSA) is 47.6 Å². The third-order valence-corrected chi connectivity index (χ3v) is 5.40. The van der Waals surface area contributed by atoms with Gasteiger partial charge in [-0.25, -0.2) is 0 Å². The number of benzene rings is 2. The Kier molecular flexibility index (Phi) is 6.51. The Hall–Kier alpha value is -2.33. The van der Waals surface area contributed by atoms with Crippen LogP contribution in [0.25, 0.3) is 0 Å². The lowest BCUT2D eigenvalue weighted by molar-refractivity contribution is -0.128. The first-order valence-electron chi connectivity index (χ1n) is 9.77. The van der Waals surface area contributed by atoms with Crippen molar-refractivity contribution < 1.29 is 14.3 Å². The predicted molar refractivity (Wildman–Crippen MR) is 107 cm³/mol. The molecule has 0 saturated carbocycles. The minimum absolute atomic E-state index is 0.0557. The highest BCUT2D eigenvalue weighted by molar-refractivity contribution is 5.81.